The van der Waals surface area contributed by atoms with Gasteiger partial charge in [-0.3, -0.25) is 4.79 Å². The first-order valence-corrected chi connectivity index (χ1v) is 7.69. The molecule has 2 atom stereocenters. The van der Waals surface area contributed by atoms with Crippen LogP contribution in [-0.4, -0.2) is 12.1 Å². The lowest BCUT2D eigenvalue weighted by atomic mass is 10.1. The Labute approximate surface area is 142 Å². The molecule has 0 aromatic heterocycles. The van der Waals surface area contributed by atoms with Crippen molar-refractivity contribution in [3.63, 3.8) is 0 Å². The Morgan fingerprint density at radius 2 is 2.00 bits per heavy atom. The van der Waals surface area contributed by atoms with Crippen molar-refractivity contribution in [1.82, 2.24) is 0 Å². The number of ether oxygens (including phenoxy) is 1. The number of rotatable bonds is 4. The van der Waals surface area contributed by atoms with Crippen molar-refractivity contribution >= 4 is 17.6 Å². The topological polar surface area (TPSA) is 26.3 Å². The molecule has 7 heteroatoms. The number of esters is 1. The van der Waals surface area contributed by atoms with Crippen molar-refractivity contribution in [3.8, 4) is 0 Å². The van der Waals surface area contributed by atoms with Gasteiger partial charge in [0.25, 0.3) is 0 Å². The van der Waals surface area contributed by atoms with E-state index in [1.54, 1.807) is 32.9 Å². The van der Waals surface area contributed by atoms with Crippen molar-refractivity contribution in [2.24, 2.45) is 17.3 Å². The molecule has 1 aromatic carbocycles. The van der Waals surface area contributed by atoms with Crippen LogP contribution in [-0.2, 0) is 16.1 Å². The standard InChI is InChI=1S/C17H17ClF4O2/c1-9-5-4-6-10(14(9)19)8-24-15(23)13-11(16(13,2)3)7-12(18)17(20,21)22/h4-7,11,13H,8H2,1-3H3/b12-7-/t11-,13-/m0/s1. The summed E-state index contributed by atoms with van der Waals surface area (Å²) in [5.41, 5.74) is -0.0385. The van der Waals surface area contributed by atoms with Crippen molar-refractivity contribution in [1.29, 1.82) is 0 Å². The highest BCUT2D eigenvalue weighted by atomic mass is 35.5. The third kappa shape index (κ3) is 3.74. The van der Waals surface area contributed by atoms with Gasteiger partial charge in [0.2, 0.25) is 0 Å². The zero-order valence-electron chi connectivity index (χ0n) is 13.4. The van der Waals surface area contributed by atoms with Crippen LogP contribution in [0.3, 0.4) is 0 Å². The van der Waals surface area contributed by atoms with Gasteiger partial charge in [0.15, 0.2) is 0 Å². The van der Waals surface area contributed by atoms with Gasteiger partial charge in [-0.15, -0.1) is 0 Å². The van der Waals surface area contributed by atoms with Crippen molar-refractivity contribution in [3.05, 3.63) is 46.3 Å². The van der Waals surface area contributed by atoms with Crippen LogP contribution in [0.15, 0.2) is 29.3 Å². The molecule has 1 aliphatic carbocycles. The molecule has 1 aromatic rings. The lowest BCUT2D eigenvalue weighted by Crippen LogP contribution is -2.11. The van der Waals surface area contributed by atoms with Gasteiger partial charge in [-0.2, -0.15) is 13.2 Å². The number of alkyl halides is 3. The summed E-state index contributed by atoms with van der Waals surface area (Å²) in [7, 11) is 0. The van der Waals surface area contributed by atoms with Gasteiger partial charge in [-0.25, -0.2) is 4.39 Å². The smallest absolute Gasteiger partial charge is 0.426 e. The summed E-state index contributed by atoms with van der Waals surface area (Å²) < 4.78 is 56.5. The van der Waals surface area contributed by atoms with Crippen molar-refractivity contribution in [2.45, 2.75) is 33.6 Å². The maximum atomic E-state index is 13.9. The molecule has 1 aliphatic rings. The molecule has 0 amide bonds. The van der Waals surface area contributed by atoms with E-state index in [9.17, 15) is 22.4 Å². The summed E-state index contributed by atoms with van der Waals surface area (Å²) in [6, 6.07) is 4.72. The van der Waals surface area contributed by atoms with E-state index >= 15 is 0 Å². The molecule has 0 radical (unpaired) electrons. The molecule has 1 saturated carbocycles. The largest absolute Gasteiger partial charge is 0.460 e. The first-order chi connectivity index (χ1) is 11.0. The van der Waals surface area contributed by atoms with Crippen LogP contribution in [0.2, 0.25) is 0 Å². The molecule has 0 aliphatic heterocycles. The minimum Gasteiger partial charge on any atom is -0.460 e. The predicted octanol–water partition coefficient (Wildman–Crippen LogP) is 5.13. The summed E-state index contributed by atoms with van der Waals surface area (Å²) >= 11 is 5.23. The fraction of sp³-hybridized carbons (Fsp3) is 0.471. The van der Waals surface area contributed by atoms with Gasteiger partial charge in [0.05, 0.1) is 5.92 Å². The Bertz CT molecular complexity index is 680. The van der Waals surface area contributed by atoms with Crippen LogP contribution >= 0.6 is 11.6 Å². The average molecular weight is 365 g/mol. The van der Waals surface area contributed by atoms with Crippen LogP contribution in [0.1, 0.15) is 25.0 Å². The summed E-state index contributed by atoms with van der Waals surface area (Å²) in [4.78, 5) is 12.1. The molecule has 0 bridgehead atoms. The number of benzene rings is 1. The first-order valence-electron chi connectivity index (χ1n) is 7.31. The van der Waals surface area contributed by atoms with E-state index in [4.69, 9.17) is 16.3 Å². The number of hydrogen-bond donors (Lipinski definition) is 0. The fourth-order valence-electron chi connectivity index (χ4n) is 2.75. The first kappa shape index (κ1) is 18.8. The third-order valence-corrected chi connectivity index (χ3v) is 4.74. The Morgan fingerprint density at radius 3 is 2.58 bits per heavy atom. The minimum absolute atomic E-state index is 0.224. The molecule has 132 valence electrons. The maximum Gasteiger partial charge on any atom is 0.426 e. The van der Waals surface area contributed by atoms with Crippen molar-refractivity contribution < 1.29 is 27.1 Å². The molecule has 0 saturated heterocycles. The molecule has 0 heterocycles. The summed E-state index contributed by atoms with van der Waals surface area (Å²) in [5, 5.41) is -1.25. The number of carbonyl (C=O) groups is 1. The molecule has 0 N–H and O–H groups in total. The number of allylic oxidation sites excluding steroid dienone is 2. The lowest BCUT2D eigenvalue weighted by Gasteiger charge is -2.08. The highest BCUT2D eigenvalue weighted by Gasteiger charge is 2.62. The fourth-order valence-corrected chi connectivity index (χ4v) is 2.89. The number of aryl methyl sites for hydroxylation is 1. The van der Waals surface area contributed by atoms with Gasteiger partial charge < -0.3 is 4.74 Å². The monoisotopic (exact) mass is 364 g/mol. The molecule has 24 heavy (non-hydrogen) atoms. The van der Waals surface area contributed by atoms with Gasteiger partial charge >= 0.3 is 12.1 Å². The summed E-state index contributed by atoms with van der Waals surface area (Å²) in [5.74, 6) is -2.52. The summed E-state index contributed by atoms with van der Waals surface area (Å²) in [6.45, 7) is 4.65. The number of carbonyl (C=O) groups excluding carboxylic acids is 1. The molecule has 2 nitrogen and oxygen atoms in total. The quantitative estimate of drug-likeness (QED) is 0.546. The molecule has 0 unspecified atom stereocenters. The average Bonchev–Trinajstić information content (AvgIpc) is 3.00. The molecule has 2 rings (SSSR count). The third-order valence-electron chi connectivity index (χ3n) is 4.40. The van der Waals surface area contributed by atoms with Crippen molar-refractivity contribution in [2.75, 3.05) is 0 Å². The molecular weight excluding hydrogens is 348 g/mol. The SMILES string of the molecule is Cc1cccc(COC(=O)[C@@H]2[C@H](/C=C(\Cl)C(F)(F)F)C2(C)C)c1F. The second-order valence-electron chi connectivity index (χ2n) is 6.49. The van der Waals surface area contributed by atoms with E-state index in [0.717, 1.165) is 6.08 Å². The zero-order chi connectivity index (χ0) is 18.3. The van der Waals surface area contributed by atoms with Gasteiger partial charge in [-0.05, 0) is 23.8 Å². The van der Waals surface area contributed by atoms with Crippen LogP contribution < -0.4 is 0 Å². The van der Waals surface area contributed by atoms with E-state index in [0.29, 0.717) is 5.56 Å². The number of halogens is 5. The Hall–Kier alpha value is -1.56. The Kier molecular flexibility index (Phi) is 5.00. The highest BCUT2D eigenvalue weighted by molar-refractivity contribution is 6.30. The molecular formula is C17H17ClF4O2. The Balaban J connectivity index is 2.04. The van der Waals surface area contributed by atoms with E-state index in [1.807, 2.05) is 0 Å². The van der Waals surface area contributed by atoms with E-state index in [1.165, 1.54) is 6.07 Å². The second kappa shape index (κ2) is 6.39. The normalized spacial score (nSPS) is 23.1. The molecule has 1 fully saturated rings. The van der Waals surface area contributed by atoms with Gasteiger partial charge in [-0.1, -0.05) is 49.7 Å². The minimum atomic E-state index is -4.64. The van der Waals surface area contributed by atoms with Crippen LogP contribution in [0, 0.1) is 30.0 Å². The Morgan fingerprint density at radius 1 is 1.38 bits per heavy atom. The van der Waals surface area contributed by atoms with E-state index < -0.39 is 40.2 Å². The summed E-state index contributed by atoms with van der Waals surface area (Å²) in [6.07, 6.45) is -3.79. The van der Waals surface area contributed by atoms with Crippen LogP contribution in [0.25, 0.3) is 0 Å². The number of hydrogen-bond acceptors (Lipinski definition) is 2. The lowest BCUT2D eigenvalue weighted by molar-refractivity contribution is -0.147. The zero-order valence-corrected chi connectivity index (χ0v) is 14.1. The maximum absolute atomic E-state index is 13.9. The van der Waals surface area contributed by atoms with Gasteiger partial charge in [0.1, 0.15) is 17.5 Å². The highest BCUT2D eigenvalue weighted by Crippen LogP contribution is 2.60. The van der Waals surface area contributed by atoms with Crippen LogP contribution in [0.5, 0.6) is 0 Å². The molecule has 0 spiro atoms. The predicted molar refractivity (Wildman–Crippen MR) is 81.7 cm³/mol. The van der Waals surface area contributed by atoms with E-state index in [-0.39, 0.29) is 12.2 Å². The van der Waals surface area contributed by atoms with Gasteiger partial charge in [0, 0.05) is 5.56 Å². The van der Waals surface area contributed by atoms with Crippen LogP contribution in [0.4, 0.5) is 17.6 Å². The van der Waals surface area contributed by atoms with E-state index in [2.05, 4.69) is 0 Å². The second-order valence-corrected chi connectivity index (χ2v) is 6.90.